The summed E-state index contributed by atoms with van der Waals surface area (Å²) in [5.74, 6) is 0.0131. The zero-order valence-electron chi connectivity index (χ0n) is 15.3. The van der Waals surface area contributed by atoms with Gasteiger partial charge in [0.25, 0.3) is 0 Å². The molecule has 1 aromatic carbocycles. The molecular formula is C20H32N2O2. The van der Waals surface area contributed by atoms with E-state index in [-0.39, 0.29) is 12.4 Å². The zero-order valence-corrected chi connectivity index (χ0v) is 15.3. The standard InChI is InChI=1S/C20H32N2O2/c1-4-22(5-2)14-7-13-21-19(8-6-15-23)16-20(24)18-11-9-17(3)10-12-18/h9-12,16,21,23H,4-8,13-15H2,1-3H3/b19-16+. The molecule has 0 aliphatic carbocycles. The van der Waals surface area contributed by atoms with Crippen LogP contribution < -0.4 is 5.32 Å². The SMILES string of the molecule is CCN(CC)CCCN/C(=C/C(=O)c1ccc(C)cc1)CCCO. The fourth-order valence-electron chi connectivity index (χ4n) is 2.53. The number of rotatable bonds is 12. The molecule has 4 nitrogen and oxygen atoms in total. The van der Waals surface area contributed by atoms with E-state index in [2.05, 4.69) is 24.1 Å². The Balaban J connectivity index is 2.59. The summed E-state index contributed by atoms with van der Waals surface area (Å²) in [5.41, 5.74) is 2.76. The van der Waals surface area contributed by atoms with Crippen molar-refractivity contribution >= 4 is 5.78 Å². The van der Waals surface area contributed by atoms with E-state index in [4.69, 9.17) is 5.11 Å². The Morgan fingerprint density at radius 1 is 1.17 bits per heavy atom. The predicted octanol–water partition coefficient (Wildman–Crippen LogP) is 3.16. The van der Waals surface area contributed by atoms with Crippen molar-refractivity contribution in [3.63, 3.8) is 0 Å². The Hall–Kier alpha value is -1.65. The number of aliphatic hydroxyl groups excluding tert-OH is 1. The van der Waals surface area contributed by atoms with Crippen molar-refractivity contribution in [2.75, 3.05) is 32.8 Å². The van der Waals surface area contributed by atoms with Gasteiger partial charge in [0.2, 0.25) is 0 Å². The Morgan fingerprint density at radius 2 is 1.83 bits per heavy atom. The van der Waals surface area contributed by atoms with Gasteiger partial charge in [0, 0.05) is 30.5 Å². The summed E-state index contributed by atoms with van der Waals surface area (Å²) in [6.07, 6.45) is 4.07. The highest BCUT2D eigenvalue weighted by molar-refractivity contribution is 6.04. The Morgan fingerprint density at radius 3 is 2.42 bits per heavy atom. The summed E-state index contributed by atoms with van der Waals surface area (Å²) < 4.78 is 0. The maximum Gasteiger partial charge on any atom is 0.187 e. The molecule has 0 saturated heterocycles. The largest absolute Gasteiger partial charge is 0.396 e. The molecule has 0 radical (unpaired) electrons. The number of hydrogen-bond acceptors (Lipinski definition) is 4. The van der Waals surface area contributed by atoms with Gasteiger partial charge in [0.15, 0.2) is 5.78 Å². The number of aliphatic hydroxyl groups is 1. The monoisotopic (exact) mass is 332 g/mol. The van der Waals surface area contributed by atoms with Crippen molar-refractivity contribution in [1.29, 1.82) is 0 Å². The van der Waals surface area contributed by atoms with E-state index in [9.17, 15) is 4.79 Å². The summed E-state index contributed by atoms with van der Waals surface area (Å²) >= 11 is 0. The molecule has 0 fully saturated rings. The minimum atomic E-state index is 0.0131. The van der Waals surface area contributed by atoms with Crippen LogP contribution in [0, 0.1) is 6.92 Å². The molecule has 0 amide bonds. The number of ketones is 1. The molecule has 24 heavy (non-hydrogen) atoms. The summed E-state index contributed by atoms with van der Waals surface area (Å²) in [6.45, 7) is 10.5. The third kappa shape index (κ3) is 7.75. The molecule has 0 aromatic heterocycles. The van der Waals surface area contributed by atoms with Gasteiger partial charge in [-0.25, -0.2) is 0 Å². The number of nitrogens with zero attached hydrogens (tertiary/aromatic N) is 1. The molecule has 0 unspecified atom stereocenters. The Labute approximate surface area is 146 Å². The number of hydrogen-bond donors (Lipinski definition) is 2. The summed E-state index contributed by atoms with van der Waals surface area (Å²) in [6, 6.07) is 7.62. The first kappa shape index (κ1) is 20.4. The quantitative estimate of drug-likeness (QED) is 0.351. The van der Waals surface area contributed by atoms with Crippen molar-refractivity contribution in [3.8, 4) is 0 Å². The lowest BCUT2D eigenvalue weighted by molar-refractivity contribution is 0.104. The number of nitrogens with one attached hydrogen (secondary N) is 1. The molecule has 0 bridgehead atoms. The molecule has 0 saturated carbocycles. The molecule has 0 heterocycles. The lowest BCUT2D eigenvalue weighted by Crippen LogP contribution is -2.27. The van der Waals surface area contributed by atoms with Crippen molar-refractivity contribution < 1.29 is 9.90 Å². The third-order valence-electron chi connectivity index (χ3n) is 4.14. The van der Waals surface area contributed by atoms with Gasteiger partial charge < -0.3 is 15.3 Å². The Bertz CT molecular complexity index is 505. The number of benzene rings is 1. The number of carbonyl (C=O) groups is 1. The summed E-state index contributed by atoms with van der Waals surface area (Å²) in [4.78, 5) is 14.8. The van der Waals surface area contributed by atoms with E-state index in [1.54, 1.807) is 6.08 Å². The maximum atomic E-state index is 12.4. The van der Waals surface area contributed by atoms with Gasteiger partial charge in [-0.05, 0) is 45.8 Å². The number of allylic oxidation sites excluding steroid dienone is 2. The van der Waals surface area contributed by atoms with Crippen LogP contribution in [-0.2, 0) is 0 Å². The third-order valence-corrected chi connectivity index (χ3v) is 4.14. The predicted molar refractivity (Wildman–Crippen MR) is 100 cm³/mol. The molecule has 0 atom stereocenters. The van der Waals surface area contributed by atoms with Crippen LogP contribution in [0.15, 0.2) is 36.0 Å². The highest BCUT2D eigenvalue weighted by atomic mass is 16.2. The van der Waals surface area contributed by atoms with E-state index in [1.165, 1.54) is 0 Å². The second kappa shape index (κ2) is 11.8. The van der Waals surface area contributed by atoms with Crippen molar-refractivity contribution in [2.45, 2.75) is 40.0 Å². The smallest absolute Gasteiger partial charge is 0.187 e. The summed E-state index contributed by atoms with van der Waals surface area (Å²) in [5, 5.41) is 12.4. The van der Waals surface area contributed by atoms with Crippen LogP contribution in [0.3, 0.4) is 0 Å². The lowest BCUT2D eigenvalue weighted by Gasteiger charge is -2.18. The average Bonchev–Trinajstić information content (AvgIpc) is 2.60. The maximum absolute atomic E-state index is 12.4. The molecule has 4 heteroatoms. The normalized spacial score (nSPS) is 11.8. The van der Waals surface area contributed by atoms with E-state index in [0.717, 1.165) is 43.9 Å². The van der Waals surface area contributed by atoms with Gasteiger partial charge in [-0.2, -0.15) is 0 Å². The van der Waals surface area contributed by atoms with E-state index in [0.29, 0.717) is 18.4 Å². The molecule has 1 rings (SSSR count). The summed E-state index contributed by atoms with van der Waals surface area (Å²) in [7, 11) is 0. The minimum Gasteiger partial charge on any atom is -0.396 e. The van der Waals surface area contributed by atoms with E-state index >= 15 is 0 Å². The van der Waals surface area contributed by atoms with Crippen LogP contribution in [0.25, 0.3) is 0 Å². The van der Waals surface area contributed by atoms with Gasteiger partial charge in [0.1, 0.15) is 0 Å². The highest BCUT2D eigenvalue weighted by Crippen LogP contribution is 2.08. The first-order valence-electron chi connectivity index (χ1n) is 8.99. The highest BCUT2D eigenvalue weighted by Gasteiger charge is 2.06. The van der Waals surface area contributed by atoms with Crippen molar-refractivity contribution in [2.24, 2.45) is 0 Å². The van der Waals surface area contributed by atoms with Crippen LogP contribution in [0.2, 0.25) is 0 Å². The van der Waals surface area contributed by atoms with E-state index < -0.39 is 0 Å². The van der Waals surface area contributed by atoms with Gasteiger partial charge in [-0.3, -0.25) is 4.79 Å². The van der Waals surface area contributed by atoms with Gasteiger partial charge >= 0.3 is 0 Å². The van der Waals surface area contributed by atoms with Crippen LogP contribution in [0.4, 0.5) is 0 Å². The zero-order chi connectivity index (χ0) is 17.8. The second-order valence-electron chi connectivity index (χ2n) is 6.03. The number of carbonyl (C=O) groups excluding carboxylic acids is 1. The minimum absolute atomic E-state index is 0.0131. The van der Waals surface area contributed by atoms with Crippen LogP contribution >= 0.6 is 0 Å². The molecule has 134 valence electrons. The lowest BCUT2D eigenvalue weighted by atomic mass is 10.1. The fraction of sp³-hybridized carbons (Fsp3) is 0.550. The first-order chi connectivity index (χ1) is 11.6. The molecule has 0 spiro atoms. The van der Waals surface area contributed by atoms with Gasteiger partial charge in [0.05, 0.1) is 0 Å². The first-order valence-corrected chi connectivity index (χ1v) is 8.99. The van der Waals surface area contributed by atoms with E-state index in [1.807, 2.05) is 31.2 Å². The average molecular weight is 332 g/mol. The van der Waals surface area contributed by atoms with Crippen LogP contribution in [0.5, 0.6) is 0 Å². The fourth-order valence-corrected chi connectivity index (χ4v) is 2.53. The van der Waals surface area contributed by atoms with Crippen LogP contribution in [-0.4, -0.2) is 48.6 Å². The van der Waals surface area contributed by atoms with Crippen LogP contribution in [0.1, 0.15) is 49.0 Å². The van der Waals surface area contributed by atoms with Gasteiger partial charge in [-0.15, -0.1) is 0 Å². The molecule has 1 aromatic rings. The molecular weight excluding hydrogens is 300 g/mol. The molecule has 0 aliphatic heterocycles. The van der Waals surface area contributed by atoms with Crippen molar-refractivity contribution in [1.82, 2.24) is 10.2 Å². The van der Waals surface area contributed by atoms with Crippen molar-refractivity contribution in [3.05, 3.63) is 47.2 Å². The topological polar surface area (TPSA) is 52.6 Å². The Kier molecular flexibility index (Phi) is 10.0. The molecule has 0 aliphatic rings. The molecule has 2 N–H and O–H groups in total. The number of aryl methyl sites for hydroxylation is 1. The second-order valence-corrected chi connectivity index (χ2v) is 6.03. The van der Waals surface area contributed by atoms with Gasteiger partial charge in [-0.1, -0.05) is 43.7 Å².